The summed E-state index contributed by atoms with van der Waals surface area (Å²) < 4.78 is 10.3. The summed E-state index contributed by atoms with van der Waals surface area (Å²) in [4.78, 5) is 28.0. The normalized spacial score (nSPS) is 11.5. The Morgan fingerprint density at radius 1 is 1.25 bits per heavy atom. The Morgan fingerprint density at radius 3 is 2.67 bits per heavy atom. The molecule has 0 saturated carbocycles. The largest absolute Gasteiger partial charge is 0.496 e. The zero-order valence-electron chi connectivity index (χ0n) is 13.3. The van der Waals surface area contributed by atoms with Crippen LogP contribution in [0.5, 0.6) is 5.75 Å². The van der Waals surface area contributed by atoms with Crippen LogP contribution in [-0.2, 0) is 20.7 Å². The van der Waals surface area contributed by atoms with Crippen molar-refractivity contribution in [1.82, 2.24) is 4.98 Å². The molecule has 0 saturated heterocycles. The molecule has 0 aliphatic carbocycles. The first-order chi connectivity index (χ1) is 11.5. The molecule has 1 aromatic carbocycles. The highest BCUT2D eigenvalue weighted by Crippen LogP contribution is 2.18. The molecular formula is C17H17ClN2O4. The van der Waals surface area contributed by atoms with Gasteiger partial charge in [0.25, 0.3) is 5.91 Å². The monoisotopic (exact) mass is 348 g/mol. The highest BCUT2D eigenvalue weighted by atomic mass is 35.5. The van der Waals surface area contributed by atoms with Crippen molar-refractivity contribution in [2.24, 2.45) is 0 Å². The van der Waals surface area contributed by atoms with Gasteiger partial charge in [-0.3, -0.25) is 9.59 Å². The number of nitrogens with zero attached hydrogens (tertiary/aromatic N) is 1. The molecule has 1 atom stereocenters. The van der Waals surface area contributed by atoms with Crippen molar-refractivity contribution in [2.75, 3.05) is 12.4 Å². The summed E-state index contributed by atoms with van der Waals surface area (Å²) in [5.41, 5.74) is 0.692. The van der Waals surface area contributed by atoms with Gasteiger partial charge in [0, 0.05) is 11.8 Å². The van der Waals surface area contributed by atoms with Crippen LogP contribution in [0.15, 0.2) is 42.6 Å². The fourth-order valence-corrected chi connectivity index (χ4v) is 2.09. The standard InChI is InChI=1S/C17H17ClN2O4/c1-11(17(22)20-15-8-7-13(18)10-19-15)24-16(21)9-12-5-3-4-6-14(12)23-2/h3-8,10-11H,9H2,1-2H3,(H,19,20,22)/t11-/m1/s1. The Kier molecular flexibility index (Phi) is 6.14. The minimum Gasteiger partial charge on any atom is -0.496 e. The summed E-state index contributed by atoms with van der Waals surface area (Å²) in [6, 6.07) is 10.3. The molecule has 1 amide bonds. The smallest absolute Gasteiger partial charge is 0.311 e. The van der Waals surface area contributed by atoms with Crippen molar-refractivity contribution in [1.29, 1.82) is 0 Å². The van der Waals surface area contributed by atoms with E-state index in [1.165, 1.54) is 20.2 Å². The van der Waals surface area contributed by atoms with Crippen molar-refractivity contribution in [3.05, 3.63) is 53.2 Å². The molecule has 0 aliphatic heterocycles. The van der Waals surface area contributed by atoms with Crippen LogP contribution in [0, 0.1) is 0 Å². The van der Waals surface area contributed by atoms with E-state index in [0.29, 0.717) is 22.2 Å². The van der Waals surface area contributed by atoms with Crippen LogP contribution in [0.4, 0.5) is 5.82 Å². The van der Waals surface area contributed by atoms with Gasteiger partial charge in [-0.25, -0.2) is 4.98 Å². The quantitative estimate of drug-likeness (QED) is 0.812. The number of halogens is 1. The molecule has 0 fully saturated rings. The van der Waals surface area contributed by atoms with E-state index < -0.39 is 18.0 Å². The predicted octanol–water partition coefficient (Wildman–Crippen LogP) is 2.86. The van der Waals surface area contributed by atoms with E-state index in [0.717, 1.165) is 0 Å². The number of hydrogen-bond acceptors (Lipinski definition) is 5. The lowest BCUT2D eigenvalue weighted by atomic mass is 10.1. The van der Waals surface area contributed by atoms with E-state index in [1.807, 2.05) is 6.07 Å². The van der Waals surface area contributed by atoms with Gasteiger partial charge >= 0.3 is 5.97 Å². The van der Waals surface area contributed by atoms with Gasteiger partial charge in [0.15, 0.2) is 6.10 Å². The highest BCUT2D eigenvalue weighted by Gasteiger charge is 2.19. The second kappa shape index (κ2) is 8.31. The minimum atomic E-state index is -0.954. The fraction of sp³-hybridized carbons (Fsp3) is 0.235. The average Bonchev–Trinajstić information content (AvgIpc) is 2.57. The van der Waals surface area contributed by atoms with E-state index in [4.69, 9.17) is 21.1 Å². The van der Waals surface area contributed by atoms with Gasteiger partial charge in [-0.2, -0.15) is 0 Å². The fourth-order valence-electron chi connectivity index (χ4n) is 1.97. The maximum Gasteiger partial charge on any atom is 0.311 e. The second-order valence-electron chi connectivity index (χ2n) is 4.97. The van der Waals surface area contributed by atoms with Gasteiger partial charge in [-0.15, -0.1) is 0 Å². The highest BCUT2D eigenvalue weighted by molar-refractivity contribution is 6.30. The summed E-state index contributed by atoms with van der Waals surface area (Å²) in [6.07, 6.45) is 0.473. The maximum absolute atomic E-state index is 12.0. The Hall–Kier alpha value is -2.60. The number of anilines is 1. The van der Waals surface area contributed by atoms with Crippen LogP contribution in [0.2, 0.25) is 5.02 Å². The lowest BCUT2D eigenvalue weighted by Crippen LogP contribution is -2.30. The summed E-state index contributed by atoms with van der Waals surface area (Å²) in [7, 11) is 1.53. The van der Waals surface area contributed by atoms with Gasteiger partial charge < -0.3 is 14.8 Å². The van der Waals surface area contributed by atoms with Crippen molar-refractivity contribution in [2.45, 2.75) is 19.4 Å². The number of pyridine rings is 1. The van der Waals surface area contributed by atoms with E-state index in [1.54, 1.807) is 30.3 Å². The maximum atomic E-state index is 12.0. The Morgan fingerprint density at radius 2 is 2.00 bits per heavy atom. The number of ether oxygens (including phenoxy) is 2. The molecule has 1 aromatic heterocycles. The summed E-state index contributed by atoms with van der Waals surface area (Å²) >= 11 is 5.73. The number of esters is 1. The third kappa shape index (κ3) is 4.96. The number of carbonyl (C=O) groups excluding carboxylic acids is 2. The molecule has 7 heteroatoms. The molecule has 1 N–H and O–H groups in total. The zero-order chi connectivity index (χ0) is 17.5. The summed E-state index contributed by atoms with van der Waals surface area (Å²) in [5, 5.41) is 3.01. The third-order valence-electron chi connectivity index (χ3n) is 3.18. The van der Waals surface area contributed by atoms with Crippen LogP contribution < -0.4 is 10.1 Å². The van der Waals surface area contributed by atoms with Crippen molar-refractivity contribution in [3.63, 3.8) is 0 Å². The first-order valence-corrected chi connectivity index (χ1v) is 7.61. The number of benzene rings is 1. The van der Waals surface area contributed by atoms with Gasteiger partial charge in [-0.1, -0.05) is 29.8 Å². The van der Waals surface area contributed by atoms with Gasteiger partial charge in [0.05, 0.1) is 18.6 Å². The molecule has 0 spiro atoms. The number of para-hydroxylation sites is 1. The van der Waals surface area contributed by atoms with Gasteiger partial charge in [0.2, 0.25) is 0 Å². The molecular weight excluding hydrogens is 332 g/mol. The van der Waals surface area contributed by atoms with Gasteiger partial charge in [-0.05, 0) is 25.1 Å². The lowest BCUT2D eigenvalue weighted by molar-refractivity contribution is -0.152. The second-order valence-corrected chi connectivity index (χ2v) is 5.41. The van der Waals surface area contributed by atoms with Crippen LogP contribution in [-0.4, -0.2) is 30.1 Å². The third-order valence-corrected chi connectivity index (χ3v) is 3.41. The number of nitrogens with one attached hydrogen (secondary N) is 1. The molecule has 1 heterocycles. The van der Waals surface area contributed by atoms with Crippen LogP contribution >= 0.6 is 11.6 Å². The van der Waals surface area contributed by atoms with Crippen molar-refractivity contribution in [3.8, 4) is 5.75 Å². The predicted molar refractivity (Wildman–Crippen MR) is 90.1 cm³/mol. The molecule has 0 radical (unpaired) electrons. The van der Waals surface area contributed by atoms with E-state index in [9.17, 15) is 9.59 Å². The summed E-state index contributed by atoms with van der Waals surface area (Å²) in [6.45, 7) is 1.49. The number of rotatable bonds is 6. The molecule has 0 bridgehead atoms. The first-order valence-electron chi connectivity index (χ1n) is 7.23. The molecule has 0 aliphatic rings. The first kappa shape index (κ1) is 17.7. The number of aromatic nitrogens is 1. The van der Waals surface area contributed by atoms with Gasteiger partial charge in [0.1, 0.15) is 11.6 Å². The van der Waals surface area contributed by atoms with Crippen LogP contribution in [0.1, 0.15) is 12.5 Å². The van der Waals surface area contributed by atoms with Crippen LogP contribution in [0.25, 0.3) is 0 Å². The lowest BCUT2D eigenvalue weighted by Gasteiger charge is -2.14. The van der Waals surface area contributed by atoms with Crippen LogP contribution in [0.3, 0.4) is 0 Å². The SMILES string of the molecule is COc1ccccc1CC(=O)O[C@H](C)C(=O)Nc1ccc(Cl)cn1. The molecule has 126 valence electrons. The van der Waals surface area contributed by atoms with E-state index in [2.05, 4.69) is 10.3 Å². The van der Waals surface area contributed by atoms with E-state index in [-0.39, 0.29) is 6.42 Å². The number of carbonyl (C=O) groups is 2. The molecule has 6 nitrogen and oxygen atoms in total. The molecule has 2 aromatic rings. The Bertz CT molecular complexity index is 719. The Balaban J connectivity index is 1.90. The van der Waals surface area contributed by atoms with Crippen molar-refractivity contribution < 1.29 is 19.1 Å². The summed E-state index contributed by atoms with van der Waals surface area (Å²) in [5.74, 6) is -0.0710. The topological polar surface area (TPSA) is 77.5 Å². The molecule has 2 rings (SSSR count). The zero-order valence-corrected chi connectivity index (χ0v) is 14.0. The number of methoxy groups -OCH3 is 1. The number of hydrogen-bond donors (Lipinski definition) is 1. The number of amides is 1. The minimum absolute atomic E-state index is 0.0147. The average molecular weight is 349 g/mol. The van der Waals surface area contributed by atoms with E-state index >= 15 is 0 Å². The Labute approximate surface area is 144 Å². The molecule has 0 unspecified atom stereocenters. The molecule has 24 heavy (non-hydrogen) atoms. The van der Waals surface area contributed by atoms with Crippen molar-refractivity contribution >= 4 is 29.3 Å².